The van der Waals surface area contributed by atoms with E-state index in [0.717, 1.165) is 19.5 Å². The summed E-state index contributed by atoms with van der Waals surface area (Å²) in [4.78, 5) is 13.2. The summed E-state index contributed by atoms with van der Waals surface area (Å²) in [6.45, 7) is 12.8. The van der Waals surface area contributed by atoms with Gasteiger partial charge in [-0.05, 0) is 13.3 Å². The van der Waals surface area contributed by atoms with E-state index >= 15 is 0 Å². The molecule has 0 bridgehead atoms. The third kappa shape index (κ3) is 4.94. The van der Waals surface area contributed by atoms with Crippen LogP contribution in [-0.2, 0) is 4.79 Å². The lowest BCUT2D eigenvalue weighted by Gasteiger charge is -2.27. The molecule has 0 aliphatic rings. The van der Waals surface area contributed by atoms with E-state index in [1.807, 2.05) is 18.2 Å². The number of rotatable bonds is 8. The molecule has 1 unspecified atom stereocenters. The van der Waals surface area contributed by atoms with E-state index in [1.54, 1.807) is 6.92 Å². The van der Waals surface area contributed by atoms with Gasteiger partial charge in [-0.1, -0.05) is 25.2 Å². The van der Waals surface area contributed by atoms with Gasteiger partial charge in [0.1, 0.15) is 0 Å². The van der Waals surface area contributed by atoms with E-state index in [1.165, 1.54) is 0 Å². The maximum atomic E-state index is 11.0. The number of carbonyl (C=O) groups excluding carboxylic acids is 1. The van der Waals surface area contributed by atoms with Crippen LogP contribution in [0, 0.1) is 0 Å². The van der Waals surface area contributed by atoms with Crippen molar-refractivity contribution < 1.29 is 4.79 Å². The fraction of sp³-hybridized carbons (Fsp3) is 0.462. The van der Waals surface area contributed by atoms with Crippen LogP contribution >= 0.6 is 0 Å². The Hall–Kier alpha value is -1.35. The number of hydrogen-bond donors (Lipinski definition) is 1. The molecular weight excluding hydrogens is 200 g/mol. The second-order valence-corrected chi connectivity index (χ2v) is 3.72. The largest absolute Gasteiger partial charge is 0.366 e. The van der Waals surface area contributed by atoms with Crippen molar-refractivity contribution in [2.75, 3.05) is 13.1 Å². The molecule has 0 rings (SSSR count). The molecule has 0 saturated carbocycles. The van der Waals surface area contributed by atoms with Crippen molar-refractivity contribution in [3.05, 3.63) is 37.0 Å². The number of primary amides is 1. The number of amides is 1. The summed E-state index contributed by atoms with van der Waals surface area (Å²) in [7, 11) is 0. The molecule has 0 radical (unpaired) electrons. The number of hydrogen-bond acceptors (Lipinski definition) is 2. The molecule has 1 atom stereocenters. The van der Waals surface area contributed by atoms with Gasteiger partial charge < -0.3 is 5.73 Å². The molecule has 3 heteroatoms. The van der Waals surface area contributed by atoms with E-state index in [9.17, 15) is 4.79 Å². The van der Waals surface area contributed by atoms with Crippen LogP contribution in [0.5, 0.6) is 0 Å². The zero-order chi connectivity index (χ0) is 12.6. The van der Waals surface area contributed by atoms with E-state index in [4.69, 9.17) is 5.73 Å². The van der Waals surface area contributed by atoms with Gasteiger partial charge in [0.2, 0.25) is 5.91 Å². The number of nitrogens with two attached hydrogens (primary N) is 1. The molecule has 0 spiro atoms. The maximum Gasteiger partial charge on any atom is 0.244 e. The lowest BCUT2D eigenvalue weighted by atomic mass is 10.1. The summed E-state index contributed by atoms with van der Waals surface area (Å²) < 4.78 is 0. The summed E-state index contributed by atoms with van der Waals surface area (Å²) in [6, 6.07) is 0.198. The Morgan fingerprint density at radius 2 is 1.88 bits per heavy atom. The first-order chi connectivity index (χ1) is 7.56. The Kier molecular flexibility index (Phi) is 7.21. The minimum Gasteiger partial charge on any atom is -0.366 e. The Morgan fingerprint density at radius 3 is 2.19 bits per heavy atom. The zero-order valence-corrected chi connectivity index (χ0v) is 10.3. The number of nitrogens with zero attached hydrogens (tertiary/aromatic N) is 1. The van der Waals surface area contributed by atoms with Crippen molar-refractivity contribution in [3.8, 4) is 0 Å². The summed E-state index contributed by atoms with van der Waals surface area (Å²) in [5, 5.41) is 0. The first-order valence-electron chi connectivity index (χ1n) is 5.50. The van der Waals surface area contributed by atoms with Crippen LogP contribution in [0.1, 0.15) is 20.3 Å². The Balaban J connectivity index is 4.77. The van der Waals surface area contributed by atoms with Crippen molar-refractivity contribution >= 4 is 5.91 Å². The highest BCUT2D eigenvalue weighted by Gasteiger charge is 2.13. The van der Waals surface area contributed by atoms with Gasteiger partial charge in [0, 0.05) is 24.7 Å². The quantitative estimate of drug-likeness (QED) is 0.503. The van der Waals surface area contributed by atoms with Crippen LogP contribution < -0.4 is 5.73 Å². The van der Waals surface area contributed by atoms with Crippen LogP contribution in [0.15, 0.2) is 37.0 Å². The van der Waals surface area contributed by atoms with Gasteiger partial charge in [-0.3, -0.25) is 9.69 Å². The molecule has 1 amide bonds. The Labute approximate surface area is 98.3 Å². The predicted octanol–water partition coefficient (Wildman–Crippen LogP) is 1.87. The Bertz CT molecular complexity index is 272. The van der Waals surface area contributed by atoms with Crippen molar-refractivity contribution in [1.29, 1.82) is 0 Å². The topological polar surface area (TPSA) is 46.3 Å². The maximum absolute atomic E-state index is 11.0. The van der Waals surface area contributed by atoms with E-state index in [-0.39, 0.29) is 11.9 Å². The lowest BCUT2D eigenvalue weighted by molar-refractivity contribution is -0.114. The average molecular weight is 222 g/mol. The molecular formula is C13H22N2O. The van der Waals surface area contributed by atoms with Gasteiger partial charge in [-0.2, -0.15) is 0 Å². The van der Waals surface area contributed by atoms with Gasteiger partial charge in [-0.25, -0.2) is 0 Å². The third-order valence-electron chi connectivity index (χ3n) is 2.45. The zero-order valence-electron chi connectivity index (χ0n) is 10.3. The van der Waals surface area contributed by atoms with Crippen molar-refractivity contribution in [2.24, 2.45) is 5.73 Å². The first-order valence-corrected chi connectivity index (χ1v) is 5.50. The normalized spacial score (nSPS) is 13.6. The van der Waals surface area contributed by atoms with Gasteiger partial charge in [0.25, 0.3) is 0 Å². The second kappa shape index (κ2) is 7.88. The van der Waals surface area contributed by atoms with Gasteiger partial charge >= 0.3 is 0 Å². The van der Waals surface area contributed by atoms with E-state index < -0.39 is 0 Å². The summed E-state index contributed by atoms with van der Waals surface area (Å²) >= 11 is 0. The van der Waals surface area contributed by atoms with Crippen LogP contribution in [0.25, 0.3) is 0 Å². The van der Waals surface area contributed by atoms with Crippen molar-refractivity contribution in [1.82, 2.24) is 4.90 Å². The summed E-state index contributed by atoms with van der Waals surface area (Å²) in [6.07, 6.45) is 6.53. The summed E-state index contributed by atoms with van der Waals surface area (Å²) in [5.74, 6) is -0.365. The van der Waals surface area contributed by atoms with Gasteiger partial charge in [0.05, 0.1) is 0 Å². The minimum absolute atomic E-state index is 0.198. The fourth-order valence-corrected chi connectivity index (χ4v) is 1.53. The molecule has 0 aromatic heterocycles. The molecule has 16 heavy (non-hydrogen) atoms. The molecule has 0 aromatic carbocycles. The van der Waals surface area contributed by atoms with Crippen LogP contribution in [0.3, 0.4) is 0 Å². The SMILES string of the molecule is C=CCN(CC=C)C(C=C(C)C(N)=O)CC. The smallest absolute Gasteiger partial charge is 0.244 e. The molecule has 3 nitrogen and oxygen atoms in total. The molecule has 90 valence electrons. The van der Waals surface area contributed by atoms with Gasteiger partial charge in [0.15, 0.2) is 0 Å². The molecule has 0 aromatic rings. The molecule has 2 N–H and O–H groups in total. The Morgan fingerprint density at radius 1 is 1.38 bits per heavy atom. The number of carbonyl (C=O) groups is 1. The molecule has 0 fully saturated rings. The highest BCUT2D eigenvalue weighted by molar-refractivity contribution is 5.91. The minimum atomic E-state index is -0.365. The standard InChI is InChI=1S/C13H22N2O/c1-5-8-15(9-6-2)12(7-3)10-11(4)13(14)16/h5-6,10,12H,1-2,7-9H2,3-4H3,(H2,14,16). The molecule has 0 aliphatic heterocycles. The van der Waals surface area contributed by atoms with Crippen molar-refractivity contribution in [2.45, 2.75) is 26.3 Å². The molecule has 0 aliphatic carbocycles. The predicted molar refractivity (Wildman–Crippen MR) is 69.0 cm³/mol. The second-order valence-electron chi connectivity index (χ2n) is 3.72. The fourth-order valence-electron chi connectivity index (χ4n) is 1.53. The molecule has 0 saturated heterocycles. The highest BCUT2D eigenvalue weighted by atomic mass is 16.1. The highest BCUT2D eigenvalue weighted by Crippen LogP contribution is 2.09. The van der Waals surface area contributed by atoms with Gasteiger partial charge in [-0.15, -0.1) is 13.2 Å². The monoisotopic (exact) mass is 222 g/mol. The molecule has 0 heterocycles. The van der Waals surface area contributed by atoms with Crippen LogP contribution in [0.2, 0.25) is 0 Å². The van der Waals surface area contributed by atoms with E-state index in [0.29, 0.717) is 5.57 Å². The van der Waals surface area contributed by atoms with Crippen molar-refractivity contribution in [3.63, 3.8) is 0 Å². The first kappa shape index (κ1) is 14.6. The van der Waals surface area contributed by atoms with Crippen LogP contribution in [-0.4, -0.2) is 29.9 Å². The third-order valence-corrected chi connectivity index (χ3v) is 2.45. The van der Waals surface area contributed by atoms with E-state index in [2.05, 4.69) is 25.0 Å². The average Bonchev–Trinajstić information content (AvgIpc) is 2.25. The lowest BCUT2D eigenvalue weighted by Crippen LogP contribution is -2.34. The van der Waals surface area contributed by atoms with Crippen LogP contribution in [0.4, 0.5) is 0 Å². The summed E-state index contributed by atoms with van der Waals surface area (Å²) in [5.41, 5.74) is 5.82.